The molecule has 0 aromatic carbocycles. The van der Waals surface area contributed by atoms with Gasteiger partial charge in [0.1, 0.15) is 11.6 Å². The third-order valence-corrected chi connectivity index (χ3v) is 3.21. The van der Waals surface area contributed by atoms with E-state index in [4.69, 9.17) is 0 Å². The molecule has 0 aromatic heterocycles. The minimum absolute atomic E-state index is 0.0348. The zero-order chi connectivity index (χ0) is 11.6. The van der Waals surface area contributed by atoms with E-state index in [0.717, 1.165) is 12.8 Å². The van der Waals surface area contributed by atoms with Crippen LogP contribution in [0.4, 0.5) is 0 Å². The summed E-state index contributed by atoms with van der Waals surface area (Å²) in [6.07, 6.45) is 2.53. The highest BCUT2D eigenvalue weighted by atomic mass is 16.1. The van der Waals surface area contributed by atoms with E-state index in [1.807, 2.05) is 27.7 Å². The van der Waals surface area contributed by atoms with Gasteiger partial charge in [0.15, 0.2) is 0 Å². The first-order valence-corrected chi connectivity index (χ1v) is 6.00. The summed E-state index contributed by atoms with van der Waals surface area (Å²) in [5, 5.41) is 0. The molecular formula is C13H22O2. The lowest BCUT2D eigenvalue weighted by Gasteiger charge is -2.19. The standard InChI is InChI=1S/C13H22O2/c1-8(2)11(7-12(14)9(3)4)13(15)10-5-6-10/h8-11H,5-7H2,1-4H3/t11-/m0/s1. The molecule has 0 bridgehead atoms. The molecule has 0 spiro atoms. The Labute approximate surface area is 92.4 Å². The number of hydrogen-bond acceptors (Lipinski definition) is 2. The summed E-state index contributed by atoms with van der Waals surface area (Å²) in [5.41, 5.74) is 0. The van der Waals surface area contributed by atoms with Crippen LogP contribution < -0.4 is 0 Å². The first-order chi connectivity index (χ1) is 6.93. The van der Waals surface area contributed by atoms with Crippen LogP contribution in [0.3, 0.4) is 0 Å². The number of rotatable bonds is 6. The van der Waals surface area contributed by atoms with Crippen molar-refractivity contribution in [1.29, 1.82) is 0 Å². The maximum absolute atomic E-state index is 12.0. The van der Waals surface area contributed by atoms with Gasteiger partial charge in [-0.3, -0.25) is 9.59 Å². The molecule has 0 aromatic rings. The van der Waals surface area contributed by atoms with Crippen molar-refractivity contribution in [3.8, 4) is 0 Å². The Morgan fingerprint density at radius 2 is 1.67 bits per heavy atom. The zero-order valence-electron chi connectivity index (χ0n) is 10.2. The van der Waals surface area contributed by atoms with Crippen LogP contribution in [0, 0.1) is 23.7 Å². The summed E-state index contributed by atoms with van der Waals surface area (Å²) in [6, 6.07) is 0. The minimum atomic E-state index is -0.0348. The van der Waals surface area contributed by atoms with Crippen molar-refractivity contribution in [3.05, 3.63) is 0 Å². The summed E-state index contributed by atoms with van der Waals surface area (Å²) in [5.74, 6) is 1.14. The predicted molar refractivity (Wildman–Crippen MR) is 60.5 cm³/mol. The fourth-order valence-electron chi connectivity index (χ4n) is 1.79. The average molecular weight is 210 g/mol. The maximum atomic E-state index is 12.0. The molecule has 1 fully saturated rings. The lowest BCUT2D eigenvalue weighted by molar-refractivity contribution is -0.131. The third kappa shape index (κ3) is 3.44. The molecule has 2 nitrogen and oxygen atoms in total. The molecule has 0 amide bonds. The minimum Gasteiger partial charge on any atom is -0.299 e. The number of ketones is 2. The fraction of sp³-hybridized carbons (Fsp3) is 0.846. The lowest BCUT2D eigenvalue weighted by atomic mass is 9.83. The van der Waals surface area contributed by atoms with Crippen LogP contribution >= 0.6 is 0 Å². The van der Waals surface area contributed by atoms with Gasteiger partial charge in [-0.05, 0) is 18.8 Å². The van der Waals surface area contributed by atoms with E-state index in [-0.39, 0.29) is 23.5 Å². The molecule has 0 aliphatic heterocycles. The van der Waals surface area contributed by atoms with Gasteiger partial charge >= 0.3 is 0 Å². The molecule has 0 saturated heterocycles. The quantitative estimate of drug-likeness (QED) is 0.675. The van der Waals surface area contributed by atoms with E-state index in [2.05, 4.69) is 0 Å². The lowest BCUT2D eigenvalue weighted by Crippen LogP contribution is -2.26. The van der Waals surface area contributed by atoms with Gasteiger partial charge < -0.3 is 0 Å². The molecule has 1 aliphatic rings. The van der Waals surface area contributed by atoms with Gasteiger partial charge in [-0.1, -0.05) is 27.7 Å². The monoisotopic (exact) mass is 210 g/mol. The highest BCUT2D eigenvalue weighted by Crippen LogP contribution is 2.35. The van der Waals surface area contributed by atoms with Crippen LogP contribution in [-0.2, 0) is 9.59 Å². The van der Waals surface area contributed by atoms with E-state index >= 15 is 0 Å². The molecule has 1 aliphatic carbocycles. The second-order valence-electron chi connectivity index (χ2n) is 5.35. The van der Waals surface area contributed by atoms with E-state index in [0.29, 0.717) is 18.1 Å². The Kier molecular flexibility index (Phi) is 4.06. The van der Waals surface area contributed by atoms with Crippen molar-refractivity contribution < 1.29 is 9.59 Å². The number of hydrogen-bond donors (Lipinski definition) is 0. The van der Waals surface area contributed by atoms with Gasteiger partial charge in [0.25, 0.3) is 0 Å². The van der Waals surface area contributed by atoms with Crippen LogP contribution in [0.1, 0.15) is 47.0 Å². The summed E-state index contributed by atoms with van der Waals surface area (Å²) in [6.45, 7) is 7.89. The van der Waals surface area contributed by atoms with Crippen LogP contribution in [-0.4, -0.2) is 11.6 Å². The highest BCUT2D eigenvalue weighted by Gasteiger charge is 2.36. The molecule has 0 heterocycles. The second kappa shape index (κ2) is 4.91. The van der Waals surface area contributed by atoms with Gasteiger partial charge in [-0.15, -0.1) is 0 Å². The largest absolute Gasteiger partial charge is 0.299 e. The Morgan fingerprint density at radius 3 is 2.00 bits per heavy atom. The fourth-order valence-corrected chi connectivity index (χ4v) is 1.79. The Hall–Kier alpha value is -0.660. The van der Waals surface area contributed by atoms with Crippen molar-refractivity contribution >= 4 is 11.6 Å². The van der Waals surface area contributed by atoms with Crippen LogP contribution in [0.2, 0.25) is 0 Å². The molecule has 0 radical (unpaired) electrons. The molecule has 86 valence electrons. The Bertz CT molecular complexity index is 249. The number of carbonyl (C=O) groups is 2. The Balaban J connectivity index is 2.57. The molecule has 0 unspecified atom stereocenters. The van der Waals surface area contributed by atoms with Crippen molar-refractivity contribution in [3.63, 3.8) is 0 Å². The van der Waals surface area contributed by atoms with E-state index < -0.39 is 0 Å². The molecule has 15 heavy (non-hydrogen) atoms. The molecule has 1 saturated carbocycles. The third-order valence-electron chi connectivity index (χ3n) is 3.21. The predicted octanol–water partition coefficient (Wildman–Crippen LogP) is 2.85. The molecule has 2 heteroatoms. The van der Waals surface area contributed by atoms with Crippen molar-refractivity contribution in [2.45, 2.75) is 47.0 Å². The summed E-state index contributed by atoms with van der Waals surface area (Å²) in [4.78, 5) is 23.6. The second-order valence-corrected chi connectivity index (χ2v) is 5.35. The highest BCUT2D eigenvalue weighted by molar-refractivity contribution is 5.91. The zero-order valence-corrected chi connectivity index (χ0v) is 10.2. The summed E-state index contributed by atoms with van der Waals surface area (Å²) < 4.78 is 0. The van der Waals surface area contributed by atoms with E-state index in [1.165, 1.54) is 0 Å². The van der Waals surface area contributed by atoms with Gasteiger partial charge in [-0.25, -0.2) is 0 Å². The molecule has 1 rings (SSSR count). The average Bonchev–Trinajstić information content (AvgIpc) is 2.94. The Morgan fingerprint density at radius 1 is 1.13 bits per heavy atom. The van der Waals surface area contributed by atoms with E-state index in [1.54, 1.807) is 0 Å². The van der Waals surface area contributed by atoms with Crippen LogP contribution in [0.25, 0.3) is 0 Å². The number of carbonyl (C=O) groups excluding carboxylic acids is 2. The van der Waals surface area contributed by atoms with Gasteiger partial charge in [0, 0.05) is 24.2 Å². The van der Waals surface area contributed by atoms with Crippen LogP contribution in [0.15, 0.2) is 0 Å². The van der Waals surface area contributed by atoms with Crippen molar-refractivity contribution in [1.82, 2.24) is 0 Å². The normalized spacial score (nSPS) is 18.3. The van der Waals surface area contributed by atoms with Crippen molar-refractivity contribution in [2.24, 2.45) is 23.7 Å². The molecule has 1 atom stereocenters. The number of Topliss-reactive ketones (excluding diaryl/α,β-unsaturated/α-hetero) is 2. The SMILES string of the molecule is CC(C)C(=O)C[C@H](C(=O)C1CC1)C(C)C. The first kappa shape index (κ1) is 12.4. The summed E-state index contributed by atoms with van der Waals surface area (Å²) in [7, 11) is 0. The first-order valence-electron chi connectivity index (χ1n) is 6.00. The van der Waals surface area contributed by atoms with Crippen molar-refractivity contribution in [2.75, 3.05) is 0 Å². The van der Waals surface area contributed by atoms with Gasteiger partial charge in [0.2, 0.25) is 0 Å². The summed E-state index contributed by atoms with van der Waals surface area (Å²) >= 11 is 0. The molecule has 0 N–H and O–H groups in total. The smallest absolute Gasteiger partial charge is 0.139 e. The topological polar surface area (TPSA) is 34.1 Å². The van der Waals surface area contributed by atoms with Crippen LogP contribution in [0.5, 0.6) is 0 Å². The molecular weight excluding hydrogens is 188 g/mol. The van der Waals surface area contributed by atoms with Gasteiger partial charge in [-0.2, -0.15) is 0 Å². The van der Waals surface area contributed by atoms with E-state index in [9.17, 15) is 9.59 Å². The maximum Gasteiger partial charge on any atom is 0.139 e. The van der Waals surface area contributed by atoms with Gasteiger partial charge in [0.05, 0.1) is 0 Å².